The van der Waals surface area contributed by atoms with Gasteiger partial charge in [0.25, 0.3) is 0 Å². The van der Waals surface area contributed by atoms with Crippen LogP contribution < -0.4 is 5.73 Å². The Balaban J connectivity index is 2.13. The molecule has 0 bridgehead atoms. The van der Waals surface area contributed by atoms with E-state index in [0.717, 1.165) is 33.4 Å². The predicted molar refractivity (Wildman–Crippen MR) is 92.3 cm³/mol. The fourth-order valence-electron chi connectivity index (χ4n) is 2.70. The quantitative estimate of drug-likeness (QED) is 0.799. The largest absolute Gasteiger partial charge is 0.366 e. The van der Waals surface area contributed by atoms with Crippen molar-refractivity contribution in [2.75, 3.05) is 0 Å². The van der Waals surface area contributed by atoms with Crippen LogP contribution in [-0.2, 0) is 0 Å². The van der Waals surface area contributed by atoms with E-state index in [0.29, 0.717) is 11.5 Å². The Hall–Kier alpha value is -2.75. The first-order valence-corrected chi connectivity index (χ1v) is 7.64. The van der Waals surface area contributed by atoms with Crippen LogP contribution in [0.2, 0.25) is 0 Å². The molecule has 116 valence electrons. The van der Waals surface area contributed by atoms with Crippen molar-refractivity contribution < 1.29 is 4.79 Å². The minimum absolute atomic E-state index is 0.398. The van der Waals surface area contributed by atoms with Gasteiger partial charge in [-0.1, -0.05) is 26.0 Å². The number of nitrogens with zero attached hydrogens (tertiary/aromatic N) is 2. The summed E-state index contributed by atoms with van der Waals surface area (Å²) < 4.78 is 0. The standard InChI is InChI=1S/C19H19N3O/c1-11(2)16-6-4-13-10-14(5-7-17(13)22-16)18-12(3)15(19(20)23)8-9-21-18/h4-11H,1-3H3,(H2,20,23). The summed E-state index contributed by atoms with van der Waals surface area (Å²) in [5.74, 6) is -0.0367. The molecule has 4 nitrogen and oxygen atoms in total. The maximum Gasteiger partial charge on any atom is 0.249 e. The third-order valence-electron chi connectivity index (χ3n) is 4.05. The van der Waals surface area contributed by atoms with E-state index in [1.54, 1.807) is 12.3 Å². The third kappa shape index (κ3) is 2.80. The molecule has 0 spiro atoms. The normalized spacial score (nSPS) is 11.1. The number of nitrogens with two attached hydrogens (primary N) is 1. The minimum atomic E-state index is -0.435. The highest BCUT2D eigenvalue weighted by atomic mass is 16.1. The van der Waals surface area contributed by atoms with E-state index in [1.165, 1.54) is 0 Å². The highest BCUT2D eigenvalue weighted by molar-refractivity contribution is 5.96. The van der Waals surface area contributed by atoms with Gasteiger partial charge in [-0.25, -0.2) is 0 Å². The predicted octanol–water partition coefficient (Wildman–Crippen LogP) is 3.83. The first-order valence-electron chi connectivity index (χ1n) is 7.64. The Morgan fingerprint density at radius 3 is 2.61 bits per heavy atom. The first kappa shape index (κ1) is 15.2. The van der Waals surface area contributed by atoms with Gasteiger partial charge < -0.3 is 5.73 Å². The molecule has 3 aromatic rings. The van der Waals surface area contributed by atoms with Gasteiger partial charge in [0.1, 0.15) is 0 Å². The number of benzene rings is 1. The molecule has 0 atom stereocenters. The number of primary amides is 1. The summed E-state index contributed by atoms with van der Waals surface area (Å²) in [5, 5.41) is 1.05. The summed E-state index contributed by atoms with van der Waals surface area (Å²) in [6.45, 7) is 6.13. The third-order valence-corrected chi connectivity index (χ3v) is 4.05. The number of amides is 1. The van der Waals surface area contributed by atoms with Crippen LogP contribution in [0.3, 0.4) is 0 Å². The smallest absolute Gasteiger partial charge is 0.249 e. The number of rotatable bonds is 3. The van der Waals surface area contributed by atoms with Crippen molar-refractivity contribution in [3.8, 4) is 11.3 Å². The Bertz CT molecular complexity index is 900. The van der Waals surface area contributed by atoms with Crippen molar-refractivity contribution in [3.63, 3.8) is 0 Å². The molecule has 1 amide bonds. The van der Waals surface area contributed by atoms with Gasteiger partial charge in [-0.2, -0.15) is 0 Å². The minimum Gasteiger partial charge on any atom is -0.366 e. The second kappa shape index (κ2) is 5.80. The highest BCUT2D eigenvalue weighted by Gasteiger charge is 2.12. The maximum absolute atomic E-state index is 11.5. The number of fused-ring (bicyclic) bond motifs is 1. The Morgan fingerprint density at radius 1 is 1.13 bits per heavy atom. The molecule has 1 aromatic carbocycles. The van der Waals surface area contributed by atoms with E-state index in [2.05, 4.69) is 35.9 Å². The Kier molecular flexibility index (Phi) is 3.82. The fourth-order valence-corrected chi connectivity index (χ4v) is 2.70. The van der Waals surface area contributed by atoms with Crippen LogP contribution in [0.5, 0.6) is 0 Å². The van der Waals surface area contributed by atoms with Crippen molar-refractivity contribution >= 4 is 16.8 Å². The van der Waals surface area contributed by atoms with E-state index >= 15 is 0 Å². The van der Waals surface area contributed by atoms with Crippen LogP contribution >= 0.6 is 0 Å². The average molecular weight is 305 g/mol. The molecule has 2 N–H and O–H groups in total. The number of hydrogen-bond acceptors (Lipinski definition) is 3. The zero-order chi connectivity index (χ0) is 16.6. The van der Waals surface area contributed by atoms with E-state index in [-0.39, 0.29) is 0 Å². The van der Waals surface area contributed by atoms with E-state index in [9.17, 15) is 4.79 Å². The lowest BCUT2D eigenvalue weighted by Gasteiger charge is -2.10. The Labute approximate surface area is 135 Å². The second-order valence-corrected chi connectivity index (χ2v) is 5.99. The van der Waals surface area contributed by atoms with Crippen LogP contribution in [-0.4, -0.2) is 15.9 Å². The summed E-state index contributed by atoms with van der Waals surface area (Å²) >= 11 is 0. The fraction of sp³-hybridized carbons (Fsp3) is 0.211. The lowest BCUT2D eigenvalue weighted by atomic mass is 10.00. The summed E-state index contributed by atoms with van der Waals surface area (Å²) in [5.41, 5.74) is 10.5. The van der Waals surface area contributed by atoms with Crippen LogP contribution in [0.25, 0.3) is 22.2 Å². The molecule has 2 heterocycles. The van der Waals surface area contributed by atoms with Crippen molar-refractivity contribution in [3.05, 3.63) is 59.4 Å². The lowest BCUT2D eigenvalue weighted by molar-refractivity contribution is 0.0999. The van der Waals surface area contributed by atoms with Gasteiger partial charge in [-0.3, -0.25) is 14.8 Å². The molecule has 4 heteroatoms. The van der Waals surface area contributed by atoms with E-state index in [1.807, 2.05) is 25.1 Å². The van der Waals surface area contributed by atoms with Gasteiger partial charge in [0.05, 0.1) is 11.2 Å². The van der Waals surface area contributed by atoms with Gasteiger partial charge in [-0.05, 0) is 42.7 Å². The van der Waals surface area contributed by atoms with Crippen molar-refractivity contribution in [1.82, 2.24) is 9.97 Å². The zero-order valence-corrected chi connectivity index (χ0v) is 13.5. The molecule has 0 aliphatic rings. The number of carbonyl (C=O) groups excluding carboxylic acids is 1. The second-order valence-electron chi connectivity index (χ2n) is 5.99. The van der Waals surface area contributed by atoms with Gasteiger partial charge in [-0.15, -0.1) is 0 Å². The summed E-state index contributed by atoms with van der Waals surface area (Å²) in [7, 11) is 0. The summed E-state index contributed by atoms with van der Waals surface area (Å²) in [6, 6.07) is 11.8. The number of carbonyl (C=O) groups is 1. The maximum atomic E-state index is 11.5. The topological polar surface area (TPSA) is 68.9 Å². The van der Waals surface area contributed by atoms with Crippen molar-refractivity contribution in [1.29, 1.82) is 0 Å². The molecule has 23 heavy (non-hydrogen) atoms. The molecule has 0 radical (unpaired) electrons. The number of hydrogen-bond donors (Lipinski definition) is 1. The molecular formula is C19H19N3O. The number of aromatic nitrogens is 2. The molecule has 3 rings (SSSR count). The molecular weight excluding hydrogens is 286 g/mol. The van der Waals surface area contributed by atoms with Crippen molar-refractivity contribution in [2.24, 2.45) is 5.73 Å². The van der Waals surface area contributed by atoms with E-state index in [4.69, 9.17) is 5.73 Å². The monoisotopic (exact) mass is 305 g/mol. The van der Waals surface area contributed by atoms with Gasteiger partial charge in [0.2, 0.25) is 5.91 Å². The van der Waals surface area contributed by atoms with Crippen LogP contribution in [0.1, 0.15) is 41.4 Å². The molecule has 0 aliphatic carbocycles. The van der Waals surface area contributed by atoms with E-state index < -0.39 is 5.91 Å². The van der Waals surface area contributed by atoms with Gasteiger partial charge in [0.15, 0.2) is 0 Å². The first-order chi connectivity index (χ1) is 11.0. The molecule has 0 aliphatic heterocycles. The SMILES string of the molecule is Cc1c(C(N)=O)ccnc1-c1ccc2nc(C(C)C)ccc2c1. The Morgan fingerprint density at radius 2 is 1.91 bits per heavy atom. The summed E-state index contributed by atoms with van der Waals surface area (Å²) in [6.07, 6.45) is 1.62. The average Bonchev–Trinajstić information content (AvgIpc) is 2.53. The van der Waals surface area contributed by atoms with Gasteiger partial charge >= 0.3 is 0 Å². The number of pyridine rings is 2. The molecule has 0 saturated carbocycles. The molecule has 0 saturated heterocycles. The van der Waals surface area contributed by atoms with Crippen LogP contribution in [0.4, 0.5) is 0 Å². The van der Waals surface area contributed by atoms with Crippen molar-refractivity contribution in [2.45, 2.75) is 26.7 Å². The highest BCUT2D eigenvalue weighted by Crippen LogP contribution is 2.27. The van der Waals surface area contributed by atoms with Gasteiger partial charge in [0, 0.05) is 28.4 Å². The molecule has 2 aromatic heterocycles. The molecule has 0 unspecified atom stereocenters. The summed E-state index contributed by atoms with van der Waals surface area (Å²) in [4.78, 5) is 20.6. The van der Waals surface area contributed by atoms with Crippen LogP contribution in [0.15, 0.2) is 42.6 Å². The zero-order valence-electron chi connectivity index (χ0n) is 13.5. The molecule has 0 fully saturated rings. The lowest BCUT2D eigenvalue weighted by Crippen LogP contribution is -2.13. The van der Waals surface area contributed by atoms with Crippen LogP contribution in [0, 0.1) is 6.92 Å².